The summed E-state index contributed by atoms with van der Waals surface area (Å²) in [5, 5.41) is 0.409. The number of thiazole rings is 1. The molecular weight excluding hydrogens is 214 g/mol. The van der Waals surface area contributed by atoms with Gasteiger partial charge in [-0.05, 0) is 18.2 Å². The van der Waals surface area contributed by atoms with E-state index in [4.69, 9.17) is 0 Å². The number of benzene rings is 1. The zero-order valence-electron chi connectivity index (χ0n) is 7.89. The highest BCUT2D eigenvalue weighted by Crippen LogP contribution is 2.22. The molecule has 0 bridgehead atoms. The van der Waals surface area contributed by atoms with E-state index in [-0.39, 0.29) is 0 Å². The maximum absolute atomic E-state index is 11.2. The Hall–Kier alpha value is -1.75. The molecule has 0 saturated carbocycles. The standard InChI is InChI=1S/C10H7NO3S/c1-14-10(13)6-2-3-8-7(4-6)11-9(5-12)15-8/h2-5H,1H3. The third-order valence-corrected chi connectivity index (χ3v) is 2.89. The fourth-order valence-corrected chi connectivity index (χ4v) is 2.00. The van der Waals surface area contributed by atoms with Gasteiger partial charge in [-0.3, -0.25) is 4.79 Å². The van der Waals surface area contributed by atoms with Gasteiger partial charge in [0.25, 0.3) is 0 Å². The number of nitrogens with zero attached hydrogens (tertiary/aromatic N) is 1. The number of hydrogen-bond donors (Lipinski definition) is 0. The van der Waals surface area contributed by atoms with E-state index < -0.39 is 5.97 Å². The Labute approximate surface area is 89.5 Å². The normalized spacial score (nSPS) is 10.2. The lowest BCUT2D eigenvalue weighted by Gasteiger charge is -1.97. The molecule has 0 radical (unpaired) electrons. The second kappa shape index (κ2) is 3.78. The van der Waals surface area contributed by atoms with Crippen molar-refractivity contribution < 1.29 is 14.3 Å². The molecule has 2 aromatic rings. The first-order valence-corrected chi connectivity index (χ1v) is 5.00. The molecule has 2 rings (SSSR count). The van der Waals surface area contributed by atoms with Crippen LogP contribution in [-0.4, -0.2) is 24.3 Å². The maximum atomic E-state index is 11.2. The van der Waals surface area contributed by atoms with E-state index in [1.54, 1.807) is 18.2 Å². The highest BCUT2D eigenvalue weighted by atomic mass is 32.1. The zero-order chi connectivity index (χ0) is 10.8. The summed E-state index contributed by atoms with van der Waals surface area (Å²) in [5.74, 6) is -0.405. The molecule has 0 N–H and O–H groups in total. The summed E-state index contributed by atoms with van der Waals surface area (Å²) in [5.41, 5.74) is 1.08. The summed E-state index contributed by atoms with van der Waals surface area (Å²) in [6.07, 6.45) is 0.697. The lowest BCUT2D eigenvalue weighted by Crippen LogP contribution is -2.00. The number of rotatable bonds is 2. The molecular formula is C10H7NO3S. The van der Waals surface area contributed by atoms with Crippen LogP contribution in [0.1, 0.15) is 20.2 Å². The first-order chi connectivity index (χ1) is 7.24. The third kappa shape index (κ3) is 1.73. The molecule has 76 valence electrons. The van der Waals surface area contributed by atoms with Gasteiger partial charge in [0.1, 0.15) is 0 Å². The number of carbonyl (C=O) groups is 2. The Bertz CT molecular complexity index is 532. The number of esters is 1. The van der Waals surface area contributed by atoms with Crippen molar-refractivity contribution in [3.63, 3.8) is 0 Å². The van der Waals surface area contributed by atoms with Crippen molar-refractivity contribution in [2.75, 3.05) is 7.11 Å². The predicted molar refractivity (Wildman–Crippen MR) is 56.3 cm³/mol. The largest absolute Gasteiger partial charge is 0.465 e. The molecule has 0 aliphatic rings. The average Bonchev–Trinajstić information content (AvgIpc) is 2.69. The summed E-state index contributed by atoms with van der Waals surface area (Å²) in [7, 11) is 1.32. The molecule has 0 atom stereocenters. The third-order valence-electron chi connectivity index (χ3n) is 1.93. The topological polar surface area (TPSA) is 56.3 Å². The van der Waals surface area contributed by atoms with E-state index >= 15 is 0 Å². The van der Waals surface area contributed by atoms with Crippen LogP contribution in [-0.2, 0) is 4.74 Å². The van der Waals surface area contributed by atoms with Crippen molar-refractivity contribution in [1.29, 1.82) is 0 Å². The summed E-state index contributed by atoms with van der Waals surface area (Å²) in [6, 6.07) is 5.03. The molecule has 0 fully saturated rings. The molecule has 4 nitrogen and oxygen atoms in total. The van der Waals surface area contributed by atoms with Crippen LogP contribution in [0.3, 0.4) is 0 Å². The molecule has 0 aliphatic carbocycles. The van der Waals surface area contributed by atoms with Gasteiger partial charge in [-0.2, -0.15) is 0 Å². The van der Waals surface area contributed by atoms with Gasteiger partial charge in [0.15, 0.2) is 11.3 Å². The lowest BCUT2D eigenvalue weighted by atomic mass is 10.2. The molecule has 1 aromatic carbocycles. The van der Waals surface area contributed by atoms with Gasteiger partial charge in [-0.25, -0.2) is 9.78 Å². The molecule has 0 saturated heterocycles. The van der Waals surface area contributed by atoms with Crippen LogP contribution in [0, 0.1) is 0 Å². The molecule has 1 heterocycles. The first-order valence-electron chi connectivity index (χ1n) is 4.18. The van der Waals surface area contributed by atoms with Crippen LogP contribution < -0.4 is 0 Å². The number of aldehydes is 1. The summed E-state index contributed by atoms with van der Waals surface area (Å²) >= 11 is 1.29. The smallest absolute Gasteiger partial charge is 0.337 e. The van der Waals surface area contributed by atoms with Crippen molar-refractivity contribution in [2.24, 2.45) is 0 Å². The molecule has 5 heteroatoms. The molecule has 0 spiro atoms. The summed E-state index contributed by atoms with van der Waals surface area (Å²) < 4.78 is 5.46. The second-order valence-electron chi connectivity index (χ2n) is 2.84. The fraction of sp³-hybridized carbons (Fsp3) is 0.100. The van der Waals surface area contributed by atoms with E-state index in [0.717, 1.165) is 4.70 Å². The van der Waals surface area contributed by atoms with E-state index in [1.165, 1.54) is 18.4 Å². The fourth-order valence-electron chi connectivity index (χ4n) is 1.24. The van der Waals surface area contributed by atoms with Crippen molar-refractivity contribution >= 4 is 33.8 Å². The van der Waals surface area contributed by atoms with Crippen LogP contribution >= 0.6 is 11.3 Å². The quantitative estimate of drug-likeness (QED) is 0.574. The van der Waals surface area contributed by atoms with E-state index in [0.29, 0.717) is 22.4 Å². The minimum absolute atomic E-state index is 0.405. The lowest BCUT2D eigenvalue weighted by molar-refractivity contribution is 0.0601. The Balaban J connectivity index is 2.55. The van der Waals surface area contributed by atoms with Crippen molar-refractivity contribution in [3.8, 4) is 0 Å². The predicted octanol–water partition coefficient (Wildman–Crippen LogP) is 1.90. The second-order valence-corrected chi connectivity index (χ2v) is 3.91. The Morgan fingerprint density at radius 1 is 1.53 bits per heavy atom. The number of hydrogen-bond acceptors (Lipinski definition) is 5. The summed E-state index contributed by atoms with van der Waals surface area (Å²) in [6.45, 7) is 0. The molecule has 0 unspecified atom stereocenters. The van der Waals surface area contributed by atoms with Gasteiger partial charge in [-0.15, -0.1) is 11.3 Å². The van der Waals surface area contributed by atoms with E-state index in [9.17, 15) is 9.59 Å². The molecule has 0 amide bonds. The average molecular weight is 221 g/mol. The van der Waals surface area contributed by atoms with E-state index in [2.05, 4.69) is 9.72 Å². The number of fused-ring (bicyclic) bond motifs is 1. The Kier molecular flexibility index (Phi) is 2.47. The van der Waals surface area contributed by atoms with Gasteiger partial charge in [-0.1, -0.05) is 0 Å². The molecule has 0 aliphatic heterocycles. The van der Waals surface area contributed by atoms with Gasteiger partial charge in [0.2, 0.25) is 0 Å². The van der Waals surface area contributed by atoms with Crippen molar-refractivity contribution in [1.82, 2.24) is 4.98 Å². The SMILES string of the molecule is COC(=O)c1ccc2sc(C=O)nc2c1. The van der Waals surface area contributed by atoms with Gasteiger partial charge in [0, 0.05) is 0 Å². The number of carbonyl (C=O) groups excluding carboxylic acids is 2. The summed E-state index contributed by atoms with van der Waals surface area (Å²) in [4.78, 5) is 25.8. The van der Waals surface area contributed by atoms with Gasteiger partial charge < -0.3 is 4.74 Å². The van der Waals surface area contributed by atoms with Crippen LogP contribution in [0.25, 0.3) is 10.2 Å². The van der Waals surface area contributed by atoms with Crippen LogP contribution in [0.2, 0.25) is 0 Å². The monoisotopic (exact) mass is 221 g/mol. The minimum atomic E-state index is -0.405. The maximum Gasteiger partial charge on any atom is 0.337 e. The van der Waals surface area contributed by atoms with Gasteiger partial charge in [0.05, 0.1) is 22.9 Å². The first kappa shape index (κ1) is 9.79. The van der Waals surface area contributed by atoms with Crippen molar-refractivity contribution in [3.05, 3.63) is 28.8 Å². The Morgan fingerprint density at radius 2 is 2.33 bits per heavy atom. The Morgan fingerprint density at radius 3 is 3.00 bits per heavy atom. The van der Waals surface area contributed by atoms with E-state index in [1.807, 2.05) is 0 Å². The zero-order valence-corrected chi connectivity index (χ0v) is 8.71. The van der Waals surface area contributed by atoms with Crippen LogP contribution in [0.15, 0.2) is 18.2 Å². The molecule has 15 heavy (non-hydrogen) atoms. The number of ether oxygens (including phenoxy) is 1. The highest BCUT2D eigenvalue weighted by molar-refractivity contribution is 7.20. The number of methoxy groups -OCH3 is 1. The molecule has 1 aromatic heterocycles. The van der Waals surface area contributed by atoms with Crippen LogP contribution in [0.5, 0.6) is 0 Å². The van der Waals surface area contributed by atoms with Crippen molar-refractivity contribution in [2.45, 2.75) is 0 Å². The number of aromatic nitrogens is 1. The van der Waals surface area contributed by atoms with Gasteiger partial charge >= 0.3 is 5.97 Å². The highest BCUT2D eigenvalue weighted by Gasteiger charge is 2.08. The van der Waals surface area contributed by atoms with Crippen LogP contribution in [0.4, 0.5) is 0 Å². The minimum Gasteiger partial charge on any atom is -0.465 e.